The number of hydrogen-bond donors (Lipinski definition) is 1. The monoisotopic (exact) mass is 212 g/mol. The van der Waals surface area contributed by atoms with Crippen LogP contribution in [0.2, 0.25) is 0 Å². The van der Waals surface area contributed by atoms with E-state index >= 15 is 0 Å². The van der Waals surface area contributed by atoms with Crippen LogP contribution in [0.5, 0.6) is 0 Å². The quantitative estimate of drug-likeness (QED) is 0.831. The molecule has 68 valence electrons. The van der Waals surface area contributed by atoms with Crippen molar-refractivity contribution in [1.29, 1.82) is 0 Å². The highest BCUT2D eigenvalue weighted by atomic mass is 32.2. The topological polar surface area (TPSA) is 52.0 Å². The van der Waals surface area contributed by atoms with E-state index in [0.29, 0.717) is 0 Å². The maximum atomic E-state index is 5.56. The average Bonchev–Trinajstić information content (AvgIpc) is 2.64. The number of hydrogen-bond acceptors (Lipinski definition) is 5. The van der Waals surface area contributed by atoms with Gasteiger partial charge in [-0.2, -0.15) is 0 Å². The van der Waals surface area contributed by atoms with Crippen LogP contribution >= 0.6 is 23.1 Å². The molecule has 0 bridgehead atoms. The molecule has 2 heterocycles. The van der Waals surface area contributed by atoms with E-state index in [9.17, 15) is 0 Å². The number of anilines is 1. The Labute approximate surface area is 84.0 Å². The lowest BCUT2D eigenvalue weighted by Gasteiger charge is -1.92. The SMILES string of the molecule is Cc1occc1Sc1ncc(N)s1. The summed E-state index contributed by atoms with van der Waals surface area (Å²) in [5.74, 6) is 0.916. The zero-order valence-electron chi connectivity index (χ0n) is 6.98. The van der Waals surface area contributed by atoms with Gasteiger partial charge in [-0.1, -0.05) is 23.1 Å². The Hall–Kier alpha value is -0.940. The van der Waals surface area contributed by atoms with E-state index in [1.807, 2.05) is 13.0 Å². The molecule has 0 unspecified atom stereocenters. The highest BCUT2D eigenvalue weighted by Gasteiger charge is 2.06. The predicted molar refractivity (Wildman–Crippen MR) is 54.1 cm³/mol. The smallest absolute Gasteiger partial charge is 0.156 e. The number of aromatic nitrogens is 1. The van der Waals surface area contributed by atoms with Crippen LogP contribution in [0.4, 0.5) is 5.00 Å². The molecule has 0 saturated heterocycles. The summed E-state index contributed by atoms with van der Waals surface area (Å²) in [7, 11) is 0. The predicted octanol–water partition coefficient (Wildman–Crippen LogP) is 2.78. The number of rotatable bonds is 2. The maximum Gasteiger partial charge on any atom is 0.156 e. The van der Waals surface area contributed by atoms with Crippen molar-refractivity contribution in [2.75, 3.05) is 5.73 Å². The van der Waals surface area contributed by atoms with Gasteiger partial charge in [0.05, 0.1) is 17.4 Å². The van der Waals surface area contributed by atoms with Gasteiger partial charge in [0.15, 0.2) is 4.34 Å². The molecule has 5 heteroatoms. The molecule has 0 saturated carbocycles. The molecule has 0 atom stereocenters. The third kappa shape index (κ3) is 1.87. The zero-order chi connectivity index (χ0) is 9.26. The van der Waals surface area contributed by atoms with Gasteiger partial charge in [-0.25, -0.2) is 4.98 Å². The standard InChI is InChI=1S/C8H8N2OS2/c1-5-6(2-3-11-5)12-8-10-4-7(9)13-8/h2-4H,9H2,1H3. The number of furan rings is 1. The van der Waals surface area contributed by atoms with Gasteiger partial charge in [-0.3, -0.25) is 0 Å². The summed E-state index contributed by atoms with van der Waals surface area (Å²) in [6.45, 7) is 1.93. The molecule has 0 aromatic carbocycles. The Morgan fingerprint density at radius 1 is 1.62 bits per heavy atom. The van der Waals surface area contributed by atoms with E-state index in [2.05, 4.69) is 4.98 Å². The summed E-state index contributed by atoms with van der Waals surface area (Å²) in [5.41, 5.74) is 5.56. The van der Waals surface area contributed by atoms with Crippen LogP contribution in [0.25, 0.3) is 0 Å². The van der Waals surface area contributed by atoms with Gasteiger partial charge in [0.2, 0.25) is 0 Å². The van der Waals surface area contributed by atoms with Crippen LogP contribution in [0.3, 0.4) is 0 Å². The second kappa shape index (κ2) is 3.43. The minimum absolute atomic E-state index is 0.739. The summed E-state index contributed by atoms with van der Waals surface area (Å²) >= 11 is 3.06. The van der Waals surface area contributed by atoms with Crippen molar-refractivity contribution >= 4 is 28.1 Å². The van der Waals surface area contributed by atoms with Crippen LogP contribution in [0.1, 0.15) is 5.76 Å². The van der Waals surface area contributed by atoms with Crippen molar-refractivity contribution in [2.24, 2.45) is 0 Å². The van der Waals surface area contributed by atoms with Gasteiger partial charge in [0.1, 0.15) is 10.8 Å². The Morgan fingerprint density at radius 3 is 3.00 bits per heavy atom. The molecule has 2 N–H and O–H groups in total. The molecule has 0 spiro atoms. The Kier molecular flexibility index (Phi) is 2.28. The second-order valence-electron chi connectivity index (χ2n) is 2.47. The van der Waals surface area contributed by atoms with E-state index in [1.54, 1.807) is 24.2 Å². The molecule has 2 rings (SSSR count). The first-order chi connectivity index (χ1) is 6.25. The Balaban J connectivity index is 2.19. The van der Waals surface area contributed by atoms with Gasteiger partial charge in [-0.05, 0) is 13.0 Å². The third-order valence-corrected chi connectivity index (χ3v) is 3.56. The number of aryl methyl sites for hydroxylation is 1. The highest BCUT2D eigenvalue weighted by molar-refractivity contribution is 8.01. The first kappa shape index (κ1) is 8.65. The first-order valence-corrected chi connectivity index (χ1v) is 5.32. The fourth-order valence-electron chi connectivity index (χ4n) is 0.890. The lowest BCUT2D eigenvalue weighted by molar-refractivity contribution is 0.527. The summed E-state index contributed by atoms with van der Waals surface area (Å²) < 4.78 is 6.11. The van der Waals surface area contributed by atoms with Gasteiger partial charge >= 0.3 is 0 Å². The molecule has 0 radical (unpaired) electrons. The van der Waals surface area contributed by atoms with Crippen molar-refractivity contribution in [1.82, 2.24) is 4.98 Å². The molecule has 2 aromatic heterocycles. The summed E-state index contributed by atoms with van der Waals surface area (Å²) in [6, 6.07) is 1.93. The van der Waals surface area contributed by atoms with Crippen molar-refractivity contribution in [3.8, 4) is 0 Å². The average molecular weight is 212 g/mol. The van der Waals surface area contributed by atoms with Crippen molar-refractivity contribution < 1.29 is 4.42 Å². The van der Waals surface area contributed by atoms with Crippen LogP contribution in [0, 0.1) is 6.92 Å². The lowest BCUT2D eigenvalue weighted by atomic mass is 10.5. The molecule has 2 aromatic rings. The molecular formula is C8H8N2OS2. The summed E-state index contributed by atoms with van der Waals surface area (Å²) in [4.78, 5) is 5.24. The van der Waals surface area contributed by atoms with Crippen molar-refractivity contribution in [3.63, 3.8) is 0 Å². The molecule has 0 aliphatic rings. The van der Waals surface area contributed by atoms with Gasteiger partial charge in [0.25, 0.3) is 0 Å². The van der Waals surface area contributed by atoms with Crippen LogP contribution < -0.4 is 5.73 Å². The maximum absolute atomic E-state index is 5.56. The van der Waals surface area contributed by atoms with E-state index in [0.717, 1.165) is 20.0 Å². The van der Waals surface area contributed by atoms with Gasteiger partial charge in [0, 0.05) is 0 Å². The van der Waals surface area contributed by atoms with Crippen molar-refractivity contribution in [3.05, 3.63) is 24.3 Å². The van der Waals surface area contributed by atoms with Gasteiger partial charge in [-0.15, -0.1) is 0 Å². The lowest BCUT2D eigenvalue weighted by Crippen LogP contribution is -1.73. The minimum Gasteiger partial charge on any atom is -0.468 e. The molecule has 0 fully saturated rings. The summed E-state index contributed by atoms with van der Waals surface area (Å²) in [5, 5.41) is 0.739. The zero-order valence-corrected chi connectivity index (χ0v) is 8.61. The van der Waals surface area contributed by atoms with E-state index < -0.39 is 0 Å². The number of nitrogens with zero attached hydrogens (tertiary/aromatic N) is 1. The van der Waals surface area contributed by atoms with Crippen LogP contribution in [-0.2, 0) is 0 Å². The van der Waals surface area contributed by atoms with Crippen molar-refractivity contribution in [2.45, 2.75) is 16.2 Å². The molecule has 3 nitrogen and oxygen atoms in total. The highest BCUT2D eigenvalue weighted by Crippen LogP contribution is 2.34. The number of thiazole rings is 1. The number of nitrogen functional groups attached to an aromatic ring is 1. The molecule has 0 amide bonds. The molecule has 13 heavy (non-hydrogen) atoms. The number of nitrogens with two attached hydrogens (primary N) is 1. The molecule has 0 aliphatic heterocycles. The Morgan fingerprint density at radius 2 is 2.46 bits per heavy atom. The molecular weight excluding hydrogens is 204 g/mol. The van der Waals surface area contributed by atoms with E-state index in [1.165, 1.54) is 11.3 Å². The first-order valence-electron chi connectivity index (χ1n) is 3.69. The minimum atomic E-state index is 0.739. The Bertz CT molecular complexity index is 408. The van der Waals surface area contributed by atoms with E-state index in [4.69, 9.17) is 10.2 Å². The van der Waals surface area contributed by atoms with E-state index in [-0.39, 0.29) is 0 Å². The molecule has 0 aliphatic carbocycles. The fourth-order valence-corrected chi connectivity index (χ4v) is 2.64. The van der Waals surface area contributed by atoms with Crippen LogP contribution in [-0.4, -0.2) is 4.98 Å². The van der Waals surface area contributed by atoms with Crippen LogP contribution in [0.15, 0.2) is 32.2 Å². The summed E-state index contributed by atoms with van der Waals surface area (Å²) in [6.07, 6.45) is 3.34. The largest absolute Gasteiger partial charge is 0.468 e. The second-order valence-corrected chi connectivity index (χ2v) is 4.82. The third-order valence-electron chi connectivity index (χ3n) is 1.51. The normalized spacial score (nSPS) is 10.5. The van der Waals surface area contributed by atoms with Gasteiger partial charge < -0.3 is 10.2 Å². The fraction of sp³-hybridized carbons (Fsp3) is 0.125.